The number of hydrogen-bond acceptors (Lipinski definition) is 3. The van der Waals surface area contributed by atoms with Crippen molar-refractivity contribution in [3.63, 3.8) is 0 Å². The Morgan fingerprint density at radius 1 is 1.29 bits per heavy atom. The predicted molar refractivity (Wildman–Crippen MR) is 73.0 cm³/mol. The summed E-state index contributed by atoms with van der Waals surface area (Å²) in [5.74, 6) is 1.69. The van der Waals surface area contributed by atoms with Crippen molar-refractivity contribution in [3.05, 3.63) is 0 Å². The van der Waals surface area contributed by atoms with Gasteiger partial charge in [-0.2, -0.15) is 0 Å². The van der Waals surface area contributed by atoms with Crippen LogP contribution in [0.4, 0.5) is 0 Å². The van der Waals surface area contributed by atoms with E-state index < -0.39 is 0 Å². The van der Waals surface area contributed by atoms with Crippen LogP contribution in [0.15, 0.2) is 0 Å². The molecular formula is C14H29N3. The molecule has 2 fully saturated rings. The molecule has 0 amide bonds. The lowest BCUT2D eigenvalue weighted by Crippen LogP contribution is -2.53. The molecule has 0 aromatic rings. The number of piperidine rings is 2. The number of likely N-dealkylation sites (tertiary alicyclic amines) is 2. The second kappa shape index (κ2) is 6.17. The zero-order valence-corrected chi connectivity index (χ0v) is 11.6. The third-order valence-corrected chi connectivity index (χ3v) is 4.66. The number of rotatable bonds is 4. The first-order valence-electron chi connectivity index (χ1n) is 7.33. The van der Waals surface area contributed by atoms with E-state index in [1.807, 2.05) is 0 Å². The quantitative estimate of drug-likeness (QED) is 0.804. The number of nitrogens with two attached hydrogens (primary N) is 1. The van der Waals surface area contributed by atoms with Crippen molar-refractivity contribution >= 4 is 0 Å². The third-order valence-electron chi connectivity index (χ3n) is 4.66. The van der Waals surface area contributed by atoms with Gasteiger partial charge in [-0.25, -0.2) is 0 Å². The number of nitrogens with zero attached hydrogens (tertiary/aromatic N) is 2. The summed E-state index contributed by atoms with van der Waals surface area (Å²) in [7, 11) is 2.31. The van der Waals surface area contributed by atoms with E-state index in [0.717, 1.165) is 24.4 Å². The van der Waals surface area contributed by atoms with Crippen LogP contribution < -0.4 is 5.73 Å². The van der Waals surface area contributed by atoms with E-state index in [0.29, 0.717) is 0 Å². The minimum absolute atomic E-state index is 0.762. The van der Waals surface area contributed by atoms with Crippen LogP contribution >= 0.6 is 0 Å². The molecule has 0 aliphatic carbocycles. The molecule has 3 heteroatoms. The van der Waals surface area contributed by atoms with E-state index in [1.54, 1.807) is 0 Å². The van der Waals surface area contributed by atoms with Crippen LogP contribution in [0.2, 0.25) is 0 Å². The van der Waals surface area contributed by atoms with Crippen LogP contribution in [0, 0.1) is 11.8 Å². The normalized spacial score (nSPS) is 33.4. The standard InChI is InChI=1S/C14H29N3/c1-12(5-7-15)10-17-9-6-14-13(11-17)4-3-8-16(14)2/h12-14H,3-11,15H2,1-2H3. The van der Waals surface area contributed by atoms with Crippen molar-refractivity contribution in [1.82, 2.24) is 9.80 Å². The van der Waals surface area contributed by atoms with Gasteiger partial charge in [0.2, 0.25) is 0 Å². The first kappa shape index (κ1) is 13.3. The maximum atomic E-state index is 5.63. The second-order valence-electron chi connectivity index (χ2n) is 6.18. The molecule has 2 aliphatic heterocycles. The molecule has 0 aromatic carbocycles. The SMILES string of the molecule is CC(CCN)CN1CCC2C(CCCN2C)C1. The van der Waals surface area contributed by atoms with Crippen molar-refractivity contribution in [1.29, 1.82) is 0 Å². The second-order valence-corrected chi connectivity index (χ2v) is 6.18. The summed E-state index contributed by atoms with van der Waals surface area (Å²) in [5, 5.41) is 0. The smallest absolute Gasteiger partial charge is 0.0145 e. The molecule has 2 rings (SSSR count). The molecule has 3 unspecified atom stereocenters. The molecule has 3 nitrogen and oxygen atoms in total. The average molecular weight is 239 g/mol. The van der Waals surface area contributed by atoms with Gasteiger partial charge in [-0.1, -0.05) is 6.92 Å². The lowest BCUT2D eigenvalue weighted by atomic mass is 9.84. The highest BCUT2D eigenvalue weighted by atomic mass is 15.2. The van der Waals surface area contributed by atoms with Gasteiger partial charge in [-0.05, 0) is 64.2 Å². The van der Waals surface area contributed by atoms with E-state index >= 15 is 0 Å². The van der Waals surface area contributed by atoms with Crippen molar-refractivity contribution in [2.24, 2.45) is 17.6 Å². The van der Waals surface area contributed by atoms with Gasteiger partial charge in [0.15, 0.2) is 0 Å². The Morgan fingerprint density at radius 2 is 2.12 bits per heavy atom. The number of fused-ring (bicyclic) bond motifs is 1. The molecule has 0 bridgehead atoms. The average Bonchev–Trinajstić information content (AvgIpc) is 2.29. The van der Waals surface area contributed by atoms with Crippen molar-refractivity contribution in [3.8, 4) is 0 Å². The Kier molecular flexibility index (Phi) is 4.83. The molecule has 100 valence electrons. The monoisotopic (exact) mass is 239 g/mol. The summed E-state index contributed by atoms with van der Waals surface area (Å²) in [6, 6.07) is 0.866. The molecule has 2 N–H and O–H groups in total. The van der Waals surface area contributed by atoms with Crippen LogP contribution in [0.1, 0.15) is 32.6 Å². The predicted octanol–water partition coefficient (Wildman–Crippen LogP) is 1.39. The molecule has 0 saturated carbocycles. The Balaban J connectivity index is 1.81. The van der Waals surface area contributed by atoms with Crippen LogP contribution in [0.5, 0.6) is 0 Å². The first-order valence-corrected chi connectivity index (χ1v) is 7.33. The first-order chi connectivity index (χ1) is 8.20. The maximum absolute atomic E-state index is 5.63. The maximum Gasteiger partial charge on any atom is 0.0145 e. The summed E-state index contributed by atoms with van der Waals surface area (Å²) in [6.07, 6.45) is 5.38. The van der Waals surface area contributed by atoms with Crippen molar-refractivity contribution in [2.45, 2.75) is 38.6 Å². The highest BCUT2D eigenvalue weighted by Gasteiger charge is 2.34. The van der Waals surface area contributed by atoms with E-state index in [1.165, 1.54) is 51.9 Å². The molecule has 2 aliphatic rings. The Bertz CT molecular complexity index is 232. The molecule has 3 atom stereocenters. The minimum atomic E-state index is 0.762. The van der Waals surface area contributed by atoms with Gasteiger partial charge < -0.3 is 15.5 Å². The molecule has 2 saturated heterocycles. The Hall–Kier alpha value is -0.120. The summed E-state index contributed by atoms with van der Waals surface area (Å²) in [5.41, 5.74) is 5.63. The highest BCUT2D eigenvalue weighted by molar-refractivity contribution is 4.89. The molecule has 17 heavy (non-hydrogen) atoms. The van der Waals surface area contributed by atoms with E-state index in [9.17, 15) is 0 Å². The third kappa shape index (κ3) is 3.43. The lowest BCUT2D eigenvalue weighted by Gasteiger charge is -2.46. The van der Waals surface area contributed by atoms with Gasteiger partial charge in [0.1, 0.15) is 0 Å². The summed E-state index contributed by atoms with van der Waals surface area (Å²) >= 11 is 0. The lowest BCUT2D eigenvalue weighted by molar-refractivity contribution is 0.0331. The molecule has 2 heterocycles. The summed E-state index contributed by atoms with van der Waals surface area (Å²) < 4.78 is 0. The van der Waals surface area contributed by atoms with E-state index in [2.05, 4.69) is 23.8 Å². The van der Waals surface area contributed by atoms with E-state index in [-0.39, 0.29) is 0 Å². The van der Waals surface area contributed by atoms with Crippen LogP contribution in [0.3, 0.4) is 0 Å². The van der Waals surface area contributed by atoms with Gasteiger partial charge in [0.25, 0.3) is 0 Å². The van der Waals surface area contributed by atoms with Gasteiger partial charge >= 0.3 is 0 Å². The topological polar surface area (TPSA) is 32.5 Å². The fourth-order valence-electron chi connectivity index (χ4n) is 3.71. The van der Waals surface area contributed by atoms with Crippen molar-refractivity contribution in [2.75, 3.05) is 39.8 Å². The molecule has 0 aromatic heterocycles. The van der Waals surface area contributed by atoms with Crippen LogP contribution in [-0.2, 0) is 0 Å². The highest BCUT2D eigenvalue weighted by Crippen LogP contribution is 2.29. The van der Waals surface area contributed by atoms with Gasteiger partial charge in [-0.15, -0.1) is 0 Å². The van der Waals surface area contributed by atoms with Gasteiger partial charge in [-0.3, -0.25) is 0 Å². The molecule has 0 radical (unpaired) electrons. The summed E-state index contributed by atoms with van der Waals surface area (Å²) in [6.45, 7) is 8.36. The van der Waals surface area contributed by atoms with Crippen LogP contribution in [0.25, 0.3) is 0 Å². The van der Waals surface area contributed by atoms with Crippen LogP contribution in [-0.4, -0.2) is 55.6 Å². The Labute approximate surface area is 106 Å². The fourth-order valence-corrected chi connectivity index (χ4v) is 3.71. The van der Waals surface area contributed by atoms with Crippen molar-refractivity contribution < 1.29 is 0 Å². The zero-order valence-electron chi connectivity index (χ0n) is 11.6. The molecular weight excluding hydrogens is 210 g/mol. The van der Waals surface area contributed by atoms with E-state index in [4.69, 9.17) is 5.73 Å². The minimum Gasteiger partial charge on any atom is -0.330 e. The zero-order chi connectivity index (χ0) is 12.3. The number of hydrogen-bond donors (Lipinski definition) is 1. The molecule has 0 spiro atoms. The Morgan fingerprint density at radius 3 is 2.88 bits per heavy atom. The summed E-state index contributed by atoms with van der Waals surface area (Å²) in [4.78, 5) is 5.27. The van der Waals surface area contributed by atoms with Gasteiger partial charge in [0, 0.05) is 19.1 Å². The largest absolute Gasteiger partial charge is 0.330 e. The fraction of sp³-hybridized carbons (Fsp3) is 1.00. The van der Waals surface area contributed by atoms with Gasteiger partial charge in [0.05, 0.1) is 0 Å².